The van der Waals surface area contributed by atoms with Crippen molar-refractivity contribution in [3.05, 3.63) is 58.2 Å². The van der Waals surface area contributed by atoms with E-state index in [-0.39, 0.29) is 5.69 Å². The van der Waals surface area contributed by atoms with Crippen molar-refractivity contribution in [1.82, 2.24) is 4.98 Å². The average Bonchev–Trinajstić information content (AvgIpc) is 3.26. The van der Waals surface area contributed by atoms with E-state index >= 15 is 0 Å². The second-order valence-electron chi connectivity index (χ2n) is 5.10. The molecule has 3 aromatic rings. The number of benzene rings is 1. The maximum Gasteiger partial charge on any atom is 0.358 e. The van der Waals surface area contributed by atoms with Crippen molar-refractivity contribution in [2.45, 2.75) is 6.92 Å². The van der Waals surface area contributed by atoms with Crippen molar-refractivity contribution in [1.29, 1.82) is 0 Å². The lowest BCUT2D eigenvalue weighted by atomic mass is 10.2. The van der Waals surface area contributed by atoms with Gasteiger partial charge in [0.05, 0.1) is 4.88 Å². The fourth-order valence-corrected chi connectivity index (χ4v) is 3.56. The van der Waals surface area contributed by atoms with Crippen LogP contribution in [0.1, 0.15) is 16.1 Å². The molecular formula is C17H13FN2O3S2. The molecule has 0 atom stereocenters. The number of nitrogens with zero attached hydrogens (tertiary/aromatic N) is 1. The van der Waals surface area contributed by atoms with E-state index in [4.69, 9.17) is 4.74 Å². The zero-order valence-electron chi connectivity index (χ0n) is 13.1. The Kier molecular flexibility index (Phi) is 5.20. The van der Waals surface area contributed by atoms with Crippen LogP contribution in [0.2, 0.25) is 0 Å². The normalized spacial score (nSPS) is 10.5. The van der Waals surface area contributed by atoms with Gasteiger partial charge in [-0.2, -0.15) is 0 Å². The average molecular weight is 376 g/mol. The number of amides is 1. The summed E-state index contributed by atoms with van der Waals surface area (Å²) in [5, 5.41) is 6.71. The van der Waals surface area contributed by atoms with E-state index in [1.54, 1.807) is 24.4 Å². The molecule has 0 saturated heterocycles. The Labute approximate surface area is 151 Å². The molecule has 3 rings (SSSR count). The molecule has 128 valence electrons. The lowest BCUT2D eigenvalue weighted by Gasteiger charge is -2.06. The first-order valence-electron chi connectivity index (χ1n) is 7.25. The van der Waals surface area contributed by atoms with Gasteiger partial charge in [-0.3, -0.25) is 4.79 Å². The molecule has 8 heteroatoms. The Hall–Kier alpha value is -2.58. The highest BCUT2D eigenvalue weighted by molar-refractivity contribution is 7.20. The number of anilines is 1. The lowest BCUT2D eigenvalue weighted by Crippen LogP contribution is -2.21. The summed E-state index contributed by atoms with van der Waals surface area (Å²) in [5.74, 6) is -1.65. The number of carbonyl (C=O) groups is 2. The summed E-state index contributed by atoms with van der Waals surface area (Å²) in [7, 11) is 0. The summed E-state index contributed by atoms with van der Waals surface area (Å²) in [6.45, 7) is 1.15. The van der Waals surface area contributed by atoms with Crippen LogP contribution in [0.5, 0.6) is 0 Å². The predicted molar refractivity (Wildman–Crippen MR) is 95.5 cm³/mol. The van der Waals surface area contributed by atoms with Crippen LogP contribution in [0.15, 0.2) is 41.1 Å². The van der Waals surface area contributed by atoms with Gasteiger partial charge in [0.1, 0.15) is 10.8 Å². The van der Waals surface area contributed by atoms with Crippen LogP contribution in [-0.2, 0) is 9.53 Å². The van der Waals surface area contributed by atoms with E-state index in [0.29, 0.717) is 11.3 Å². The number of carbonyl (C=O) groups excluding carboxylic acids is 2. The fourth-order valence-electron chi connectivity index (χ4n) is 1.95. The minimum Gasteiger partial charge on any atom is -0.451 e. The van der Waals surface area contributed by atoms with Gasteiger partial charge in [0.25, 0.3) is 5.91 Å². The molecule has 5 nitrogen and oxygen atoms in total. The number of esters is 1. The van der Waals surface area contributed by atoms with Crippen molar-refractivity contribution in [3.8, 4) is 9.88 Å². The largest absolute Gasteiger partial charge is 0.451 e. The summed E-state index contributed by atoms with van der Waals surface area (Å²) in [6.07, 6.45) is 0. The molecule has 0 fully saturated rings. The number of ether oxygens (including phenoxy) is 1. The molecular weight excluding hydrogens is 363 g/mol. The molecule has 0 aliphatic heterocycles. The molecule has 25 heavy (non-hydrogen) atoms. The highest BCUT2D eigenvalue weighted by Gasteiger charge is 2.15. The topological polar surface area (TPSA) is 68.3 Å². The van der Waals surface area contributed by atoms with Crippen LogP contribution in [-0.4, -0.2) is 23.5 Å². The summed E-state index contributed by atoms with van der Waals surface area (Å²) in [5.41, 5.74) is 0.940. The number of thiazole rings is 1. The third-order valence-corrected chi connectivity index (χ3v) is 5.12. The van der Waals surface area contributed by atoms with Gasteiger partial charge in [-0.15, -0.1) is 22.7 Å². The number of hydrogen-bond donors (Lipinski definition) is 1. The number of rotatable bonds is 5. The Morgan fingerprint density at radius 1 is 1.28 bits per heavy atom. The maximum absolute atomic E-state index is 13.4. The summed E-state index contributed by atoms with van der Waals surface area (Å²) >= 11 is 2.86. The molecule has 0 aliphatic rings. The highest BCUT2D eigenvalue weighted by atomic mass is 32.1. The molecule has 0 unspecified atom stereocenters. The molecule has 0 bridgehead atoms. The van der Waals surface area contributed by atoms with E-state index in [2.05, 4.69) is 10.3 Å². The SMILES string of the molecule is Cc1ccc(NC(=O)COC(=O)c2csc(-c3cccs3)n2)cc1F. The predicted octanol–water partition coefficient (Wildman–Crippen LogP) is 4.11. The van der Waals surface area contributed by atoms with E-state index in [9.17, 15) is 14.0 Å². The number of thiophene rings is 1. The van der Waals surface area contributed by atoms with Crippen molar-refractivity contribution in [2.75, 3.05) is 11.9 Å². The van der Waals surface area contributed by atoms with Crippen molar-refractivity contribution < 1.29 is 18.7 Å². The standard InChI is InChI=1S/C17H13FN2O3S2/c1-10-4-5-11(7-12(10)18)19-15(21)8-23-17(22)13-9-25-16(20-13)14-3-2-6-24-14/h2-7,9H,8H2,1H3,(H,19,21). The van der Waals surface area contributed by atoms with E-state index in [1.807, 2.05) is 17.5 Å². The van der Waals surface area contributed by atoms with E-state index in [1.165, 1.54) is 28.7 Å². The molecule has 2 aromatic heterocycles. The van der Waals surface area contributed by atoms with E-state index in [0.717, 1.165) is 9.88 Å². The summed E-state index contributed by atoms with van der Waals surface area (Å²) < 4.78 is 18.4. The second kappa shape index (κ2) is 7.54. The third kappa shape index (κ3) is 4.28. The van der Waals surface area contributed by atoms with E-state index < -0.39 is 24.3 Å². The molecule has 1 amide bonds. The molecule has 0 radical (unpaired) electrons. The van der Waals surface area contributed by atoms with Gasteiger partial charge in [0.15, 0.2) is 12.3 Å². The van der Waals surface area contributed by atoms with Crippen molar-refractivity contribution >= 4 is 40.2 Å². The maximum atomic E-state index is 13.4. The Morgan fingerprint density at radius 3 is 2.84 bits per heavy atom. The van der Waals surface area contributed by atoms with Gasteiger partial charge >= 0.3 is 5.97 Å². The number of aromatic nitrogens is 1. The van der Waals surface area contributed by atoms with Crippen LogP contribution in [0.3, 0.4) is 0 Å². The van der Waals surface area contributed by atoms with Crippen LogP contribution < -0.4 is 5.32 Å². The third-order valence-electron chi connectivity index (χ3n) is 3.24. The highest BCUT2D eigenvalue weighted by Crippen LogP contribution is 2.27. The first kappa shape index (κ1) is 17.2. The van der Waals surface area contributed by atoms with Crippen molar-refractivity contribution in [2.24, 2.45) is 0 Å². The van der Waals surface area contributed by atoms with Gasteiger partial charge in [-0.05, 0) is 36.1 Å². The number of nitrogens with one attached hydrogen (secondary N) is 1. The fraction of sp³-hybridized carbons (Fsp3) is 0.118. The zero-order chi connectivity index (χ0) is 17.8. The van der Waals surface area contributed by atoms with Gasteiger partial charge in [0.2, 0.25) is 0 Å². The molecule has 1 N–H and O–H groups in total. The molecule has 1 aromatic carbocycles. The quantitative estimate of drug-likeness (QED) is 0.680. The molecule has 2 heterocycles. The number of hydrogen-bond acceptors (Lipinski definition) is 6. The number of halogens is 1. The molecule has 0 spiro atoms. The minimum atomic E-state index is -0.677. The summed E-state index contributed by atoms with van der Waals surface area (Å²) in [6, 6.07) is 8.15. The molecule has 0 aliphatic carbocycles. The first-order chi connectivity index (χ1) is 12.0. The first-order valence-corrected chi connectivity index (χ1v) is 9.01. The minimum absolute atomic E-state index is 0.155. The summed E-state index contributed by atoms with van der Waals surface area (Å²) in [4.78, 5) is 28.9. The Balaban J connectivity index is 1.55. The zero-order valence-corrected chi connectivity index (χ0v) is 14.7. The second-order valence-corrected chi connectivity index (χ2v) is 6.91. The lowest BCUT2D eigenvalue weighted by molar-refractivity contribution is -0.119. The smallest absolute Gasteiger partial charge is 0.358 e. The monoisotopic (exact) mass is 376 g/mol. The van der Waals surface area contributed by atoms with Crippen LogP contribution in [0, 0.1) is 12.7 Å². The number of aryl methyl sites for hydroxylation is 1. The Bertz CT molecular complexity index is 907. The van der Waals surface area contributed by atoms with Gasteiger partial charge in [0, 0.05) is 11.1 Å². The van der Waals surface area contributed by atoms with Crippen molar-refractivity contribution in [3.63, 3.8) is 0 Å². The van der Waals surface area contributed by atoms with Gasteiger partial charge in [-0.25, -0.2) is 14.2 Å². The van der Waals surface area contributed by atoms with Crippen LogP contribution in [0.25, 0.3) is 9.88 Å². The van der Waals surface area contributed by atoms with Crippen LogP contribution >= 0.6 is 22.7 Å². The Morgan fingerprint density at radius 2 is 2.12 bits per heavy atom. The van der Waals surface area contributed by atoms with Gasteiger partial charge in [-0.1, -0.05) is 12.1 Å². The molecule has 0 saturated carbocycles. The van der Waals surface area contributed by atoms with Gasteiger partial charge < -0.3 is 10.1 Å². The van der Waals surface area contributed by atoms with Crippen LogP contribution in [0.4, 0.5) is 10.1 Å².